The lowest BCUT2D eigenvalue weighted by Gasteiger charge is -2.26. The molecule has 3 atom stereocenters. The van der Waals surface area contributed by atoms with Crippen molar-refractivity contribution in [2.24, 2.45) is 5.73 Å². The van der Waals surface area contributed by atoms with Crippen LogP contribution in [0.5, 0.6) is 0 Å². The maximum Gasteiger partial charge on any atom is 0.326 e. The highest BCUT2D eigenvalue weighted by Gasteiger charge is 2.37. The van der Waals surface area contributed by atoms with Crippen LogP contribution in [-0.2, 0) is 19.2 Å². The van der Waals surface area contributed by atoms with Crippen LogP contribution in [-0.4, -0.2) is 82.4 Å². The predicted molar refractivity (Wildman–Crippen MR) is 86.2 cm³/mol. The van der Waals surface area contributed by atoms with Crippen LogP contribution in [0.1, 0.15) is 12.8 Å². The Morgan fingerprint density at radius 3 is 2.54 bits per heavy atom. The topological polar surface area (TPSA) is 162 Å². The van der Waals surface area contributed by atoms with Gasteiger partial charge in [0.25, 0.3) is 0 Å². The molecule has 24 heavy (non-hydrogen) atoms. The number of nitrogens with one attached hydrogen (secondary N) is 2. The number of nitrogens with two attached hydrogens (primary N) is 1. The summed E-state index contributed by atoms with van der Waals surface area (Å²) in [5, 5.41) is 22.4. The number of carboxylic acid groups (broad SMARTS) is 1. The van der Waals surface area contributed by atoms with Crippen LogP contribution in [0.4, 0.5) is 0 Å². The fourth-order valence-electron chi connectivity index (χ4n) is 2.30. The van der Waals surface area contributed by atoms with Crippen LogP contribution in [0.25, 0.3) is 0 Å². The van der Waals surface area contributed by atoms with E-state index in [0.29, 0.717) is 19.4 Å². The molecule has 1 fully saturated rings. The number of aliphatic hydroxyl groups excluding tert-OH is 1. The van der Waals surface area contributed by atoms with E-state index in [0.717, 1.165) is 0 Å². The minimum Gasteiger partial charge on any atom is -0.480 e. The quantitative estimate of drug-likeness (QED) is 0.249. The molecule has 6 N–H and O–H groups in total. The third-order valence-electron chi connectivity index (χ3n) is 3.59. The van der Waals surface area contributed by atoms with Gasteiger partial charge in [-0.3, -0.25) is 14.4 Å². The second-order valence-corrected chi connectivity index (χ2v) is 5.70. The zero-order valence-corrected chi connectivity index (χ0v) is 13.9. The van der Waals surface area contributed by atoms with Crippen molar-refractivity contribution in [1.29, 1.82) is 0 Å². The minimum atomic E-state index is -1.14. The van der Waals surface area contributed by atoms with Crippen LogP contribution in [0.15, 0.2) is 0 Å². The van der Waals surface area contributed by atoms with Gasteiger partial charge in [-0.05, 0) is 12.8 Å². The van der Waals surface area contributed by atoms with E-state index in [2.05, 4.69) is 23.3 Å². The maximum atomic E-state index is 12.4. The molecule has 3 amide bonds. The smallest absolute Gasteiger partial charge is 0.326 e. The highest BCUT2D eigenvalue weighted by Crippen LogP contribution is 2.18. The summed E-state index contributed by atoms with van der Waals surface area (Å²) in [5.74, 6) is -2.98. The van der Waals surface area contributed by atoms with Gasteiger partial charge in [0.05, 0.1) is 13.2 Å². The second-order valence-electron chi connectivity index (χ2n) is 5.34. The molecule has 0 aliphatic carbocycles. The van der Waals surface area contributed by atoms with E-state index in [1.54, 1.807) is 0 Å². The van der Waals surface area contributed by atoms with Gasteiger partial charge in [-0.25, -0.2) is 4.79 Å². The van der Waals surface area contributed by atoms with Gasteiger partial charge in [0.2, 0.25) is 17.7 Å². The van der Waals surface area contributed by atoms with Crippen molar-refractivity contribution in [3.8, 4) is 0 Å². The molecule has 0 aromatic heterocycles. The van der Waals surface area contributed by atoms with E-state index in [1.165, 1.54) is 4.90 Å². The number of aliphatic hydroxyl groups is 1. The monoisotopic (exact) mass is 362 g/mol. The second kappa shape index (κ2) is 9.45. The number of amides is 3. The number of carboxylic acids is 1. The van der Waals surface area contributed by atoms with Crippen molar-refractivity contribution in [3.05, 3.63) is 0 Å². The lowest BCUT2D eigenvalue weighted by Crippen LogP contribution is -2.54. The number of rotatable bonds is 8. The Labute approximate surface area is 144 Å². The van der Waals surface area contributed by atoms with E-state index in [1.807, 2.05) is 0 Å². The van der Waals surface area contributed by atoms with Crippen molar-refractivity contribution in [3.63, 3.8) is 0 Å². The summed E-state index contributed by atoms with van der Waals surface area (Å²) < 4.78 is 0. The Bertz CT molecular complexity index is 503. The largest absolute Gasteiger partial charge is 0.480 e. The van der Waals surface area contributed by atoms with Crippen LogP contribution in [0, 0.1) is 0 Å². The number of likely N-dealkylation sites (tertiary alicyclic amines) is 1. The average molecular weight is 362 g/mol. The predicted octanol–water partition coefficient (Wildman–Crippen LogP) is -3.09. The van der Waals surface area contributed by atoms with Gasteiger partial charge in [0.1, 0.15) is 18.1 Å². The molecule has 10 nitrogen and oxygen atoms in total. The molecule has 0 aromatic carbocycles. The van der Waals surface area contributed by atoms with Crippen LogP contribution < -0.4 is 16.4 Å². The van der Waals surface area contributed by atoms with Crippen LogP contribution in [0.2, 0.25) is 0 Å². The van der Waals surface area contributed by atoms with Gasteiger partial charge >= 0.3 is 5.97 Å². The van der Waals surface area contributed by atoms with E-state index >= 15 is 0 Å². The fourth-order valence-corrected chi connectivity index (χ4v) is 2.55. The summed E-state index contributed by atoms with van der Waals surface area (Å²) >= 11 is 4.01. The van der Waals surface area contributed by atoms with Crippen molar-refractivity contribution in [2.45, 2.75) is 31.0 Å². The molecule has 0 radical (unpaired) electrons. The molecule has 136 valence electrons. The van der Waals surface area contributed by atoms with E-state index < -0.39 is 55.0 Å². The summed E-state index contributed by atoms with van der Waals surface area (Å²) in [6, 6.07) is -3.04. The molecule has 0 saturated carbocycles. The van der Waals surface area contributed by atoms with Crippen molar-refractivity contribution >= 4 is 36.3 Å². The van der Waals surface area contributed by atoms with Crippen LogP contribution in [0.3, 0.4) is 0 Å². The first-order valence-electron chi connectivity index (χ1n) is 7.39. The van der Waals surface area contributed by atoms with Gasteiger partial charge < -0.3 is 31.5 Å². The Hall–Kier alpha value is -1.85. The van der Waals surface area contributed by atoms with Gasteiger partial charge in [0.15, 0.2) is 0 Å². The first kappa shape index (κ1) is 20.2. The SMILES string of the molecule is N[C@@H](CO)C(=O)NCC(=O)N[C@@H](CS)C(=O)N1CCC[C@H]1C(=O)O. The van der Waals surface area contributed by atoms with Crippen LogP contribution >= 0.6 is 12.6 Å². The van der Waals surface area contributed by atoms with Gasteiger partial charge in [0, 0.05) is 12.3 Å². The van der Waals surface area contributed by atoms with Gasteiger partial charge in [-0.1, -0.05) is 0 Å². The van der Waals surface area contributed by atoms with E-state index in [9.17, 15) is 19.2 Å². The summed E-state index contributed by atoms with van der Waals surface area (Å²) in [4.78, 5) is 47.9. The third-order valence-corrected chi connectivity index (χ3v) is 3.96. The fraction of sp³-hybridized carbons (Fsp3) is 0.692. The number of aliphatic carboxylic acids is 1. The Kier molecular flexibility index (Phi) is 7.95. The Morgan fingerprint density at radius 2 is 2.00 bits per heavy atom. The van der Waals surface area contributed by atoms with E-state index in [4.69, 9.17) is 15.9 Å². The molecule has 0 bridgehead atoms. The zero-order valence-electron chi connectivity index (χ0n) is 13.0. The minimum absolute atomic E-state index is 0.0164. The average Bonchev–Trinajstić information content (AvgIpc) is 3.05. The molecule has 0 aromatic rings. The van der Waals surface area contributed by atoms with Gasteiger partial charge in [-0.15, -0.1) is 0 Å². The number of hydrogen-bond acceptors (Lipinski definition) is 7. The molecule has 1 saturated heterocycles. The summed E-state index contributed by atoms with van der Waals surface area (Å²) in [6.45, 7) is -0.679. The van der Waals surface area contributed by atoms with Crippen molar-refractivity contribution in [2.75, 3.05) is 25.4 Å². The Morgan fingerprint density at radius 1 is 1.33 bits per heavy atom. The standard InChI is InChI=1S/C13H22N4O6S/c14-7(5-18)11(20)15-4-10(19)16-8(6-24)12(21)17-3-1-2-9(17)13(22)23/h7-9,18,24H,1-6,14H2,(H,15,20)(H,16,19)(H,22,23)/t7-,8-,9-/m0/s1. The molecule has 11 heteroatoms. The highest BCUT2D eigenvalue weighted by molar-refractivity contribution is 7.80. The van der Waals surface area contributed by atoms with Crippen molar-refractivity contribution < 1.29 is 29.4 Å². The molecular weight excluding hydrogens is 340 g/mol. The van der Waals surface area contributed by atoms with Crippen molar-refractivity contribution in [1.82, 2.24) is 15.5 Å². The molecule has 1 aliphatic rings. The summed E-state index contributed by atoms with van der Waals surface area (Å²) in [5.41, 5.74) is 5.28. The van der Waals surface area contributed by atoms with Gasteiger partial charge in [-0.2, -0.15) is 12.6 Å². The molecule has 1 aliphatic heterocycles. The third kappa shape index (κ3) is 5.35. The first-order valence-corrected chi connectivity index (χ1v) is 8.02. The number of hydrogen-bond donors (Lipinski definition) is 6. The zero-order chi connectivity index (χ0) is 18.3. The molecule has 1 heterocycles. The molecule has 1 rings (SSSR count). The first-order chi connectivity index (χ1) is 11.3. The number of carbonyl (C=O) groups excluding carboxylic acids is 3. The lowest BCUT2D eigenvalue weighted by molar-refractivity contribution is -0.149. The normalized spacial score (nSPS) is 19.5. The van der Waals surface area contributed by atoms with E-state index in [-0.39, 0.29) is 5.75 Å². The molecule has 0 unspecified atom stereocenters. The number of thiol groups is 1. The maximum absolute atomic E-state index is 12.4. The number of carbonyl (C=O) groups is 4. The molecule has 0 spiro atoms. The molecular formula is C13H22N4O6S. The number of nitrogens with zero attached hydrogens (tertiary/aromatic N) is 1. The summed E-state index contributed by atoms with van der Waals surface area (Å²) in [7, 11) is 0. The Balaban J connectivity index is 2.57. The summed E-state index contributed by atoms with van der Waals surface area (Å²) in [6.07, 6.45) is 0.939. The highest BCUT2D eigenvalue weighted by atomic mass is 32.1. The lowest BCUT2D eigenvalue weighted by atomic mass is 10.2.